The summed E-state index contributed by atoms with van der Waals surface area (Å²) in [6.07, 6.45) is 1.48. The number of carbonyl (C=O) groups excluding carboxylic acids is 1. The molecule has 4 aromatic rings. The lowest BCUT2D eigenvalue weighted by Crippen LogP contribution is -2.20. The molecular weight excluding hydrogens is 432 g/mol. The highest BCUT2D eigenvalue weighted by molar-refractivity contribution is 7.99. The molecule has 6 nitrogen and oxygen atoms in total. The lowest BCUT2D eigenvalue weighted by atomic mass is 10.2. The molecule has 2 N–H and O–H groups in total. The molecule has 0 saturated carbocycles. The van der Waals surface area contributed by atoms with Gasteiger partial charge in [-0.05, 0) is 47.5 Å². The highest BCUT2D eigenvalue weighted by Crippen LogP contribution is 2.25. The van der Waals surface area contributed by atoms with Crippen LogP contribution in [0.5, 0.6) is 5.75 Å². The van der Waals surface area contributed by atoms with Crippen LogP contribution in [0.1, 0.15) is 11.1 Å². The number of carbonyl (C=O) groups is 1. The van der Waals surface area contributed by atoms with Gasteiger partial charge in [-0.3, -0.25) is 4.79 Å². The minimum absolute atomic E-state index is 0.144. The van der Waals surface area contributed by atoms with Crippen molar-refractivity contribution in [3.63, 3.8) is 0 Å². The Morgan fingerprint density at radius 2 is 1.94 bits per heavy atom. The monoisotopic (exact) mass is 450 g/mol. The van der Waals surface area contributed by atoms with Crippen molar-refractivity contribution in [1.82, 2.24) is 15.0 Å². The SMILES string of the molecule is O=C(CSc1nc2ccccc2n1Cc1ccc(Cl)cc1)NN=Cc1cccc(O)c1. The number of imidazole rings is 1. The molecule has 0 unspecified atom stereocenters. The van der Waals surface area contributed by atoms with E-state index in [2.05, 4.69) is 20.1 Å². The molecule has 0 bridgehead atoms. The number of hydrazone groups is 1. The van der Waals surface area contributed by atoms with Crippen molar-refractivity contribution in [2.45, 2.75) is 11.7 Å². The van der Waals surface area contributed by atoms with Gasteiger partial charge in [0.15, 0.2) is 5.16 Å². The molecule has 1 aromatic heterocycles. The second-order valence-electron chi connectivity index (χ2n) is 6.77. The van der Waals surface area contributed by atoms with Gasteiger partial charge in [0, 0.05) is 5.02 Å². The molecule has 0 saturated heterocycles. The summed E-state index contributed by atoms with van der Waals surface area (Å²) in [6.45, 7) is 0.622. The van der Waals surface area contributed by atoms with Crippen LogP contribution in [0.15, 0.2) is 83.1 Å². The van der Waals surface area contributed by atoms with Crippen molar-refractivity contribution in [3.8, 4) is 5.75 Å². The summed E-state index contributed by atoms with van der Waals surface area (Å²) in [7, 11) is 0. The van der Waals surface area contributed by atoms with Gasteiger partial charge < -0.3 is 9.67 Å². The fourth-order valence-electron chi connectivity index (χ4n) is 3.04. The van der Waals surface area contributed by atoms with Crippen molar-refractivity contribution in [2.24, 2.45) is 5.10 Å². The molecule has 0 aliphatic carbocycles. The van der Waals surface area contributed by atoms with Gasteiger partial charge >= 0.3 is 0 Å². The Morgan fingerprint density at radius 1 is 1.13 bits per heavy atom. The van der Waals surface area contributed by atoms with Crippen LogP contribution in [0.25, 0.3) is 11.0 Å². The van der Waals surface area contributed by atoms with Crippen LogP contribution in [0.2, 0.25) is 5.02 Å². The predicted molar refractivity (Wildman–Crippen MR) is 125 cm³/mol. The molecular formula is C23H19ClN4O2S. The number of rotatable bonds is 7. The molecule has 0 aliphatic heterocycles. The topological polar surface area (TPSA) is 79.5 Å². The number of aromatic nitrogens is 2. The average molecular weight is 451 g/mol. The lowest BCUT2D eigenvalue weighted by molar-refractivity contribution is -0.118. The van der Waals surface area contributed by atoms with E-state index < -0.39 is 0 Å². The van der Waals surface area contributed by atoms with Crippen molar-refractivity contribution in [2.75, 3.05) is 5.75 Å². The Morgan fingerprint density at radius 3 is 2.74 bits per heavy atom. The van der Waals surface area contributed by atoms with Crippen LogP contribution < -0.4 is 5.43 Å². The third-order valence-electron chi connectivity index (χ3n) is 4.48. The number of nitrogens with zero attached hydrogens (tertiary/aromatic N) is 3. The summed E-state index contributed by atoms with van der Waals surface area (Å²) >= 11 is 7.35. The number of fused-ring (bicyclic) bond motifs is 1. The van der Waals surface area contributed by atoms with Gasteiger partial charge in [0.1, 0.15) is 5.75 Å². The van der Waals surface area contributed by atoms with Crippen LogP contribution >= 0.6 is 23.4 Å². The Balaban J connectivity index is 1.45. The molecule has 0 spiro atoms. The molecule has 1 heterocycles. The van der Waals surface area contributed by atoms with Gasteiger partial charge in [0.2, 0.25) is 0 Å². The molecule has 31 heavy (non-hydrogen) atoms. The first kappa shape index (κ1) is 21.0. The number of nitrogens with one attached hydrogen (secondary N) is 1. The number of benzene rings is 3. The first-order valence-corrected chi connectivity index (χ1v) is 10.9. The van der Waals surface area contributed by atoms with E-state index in [1.54, 1.807) is 24.3 Å². The quantitative estimate of drug-likeness (QED) is 0.243. The Hall–Kier alpha value is -3.29. The number of hydrogen-bond donors (Lipinski definition) is 2. The fourth-order valence-corrected chi connectivity index (χ4v) is 3.97. The summed E-state index contributed by atoms with van der Waals surface area (Å²) in [4.78, 5) is 16.9. The van der Waals surface area contributed by atoms with E-state index in [9.17, 15) is 9.90 Å². The van der Waals surface area contributed by atoms with E-state index in [0.717, 1.165) is 21.8 Å². The number of amides is 1. The van der Waals surface area contributed by atoms with Crippen LogP contribution in [0, 0.1) is 0 Å². The second kappa shape index (κ2) is 9.68. The minimum atomic E-state index is -0.244. The minimum Gasteiger partial charge on any atom is -0.508 e. The zero-order chi connectivity index (χ0) is 21.6. The molecule has 3 aromatic carbocycles. The largest absolute Gasteiger partial charge is 0.508 e. The number of phenols is 1. The highest BCUT2D eigenvalue weighted by atomic mass is 35.5. The van der Waals surface area contributed by atoms with Gasteiger partial charge in [0.05, 0.1) is 29.5 Å². The zero-order valence-corrected chi connectivity index (χ0v) is 18.0. The second-order valence-corrected chi connectivity index (χ2v) is 8.15. The molecule has 0 radical (unpaired) electrons. The van der Waals surface area contributed by atoms with E-state index in [-0.39, 0.29) is 17.4 Å². The van der Waals surface area contributed by atoms with Crippen LogP contribution in [-0.2, 0) is 11.3 Å². The molecule has 1 amide bonds. The molecule has 0 fully saturated rings. The fraction of sp³-hybridized carbons (Fsp3) is 0.0870. The van der Waals surface area contributed by atoms with E-state index in [0.29, 0.717) is 17.1 Å². The van der Waals surface area contributed by atoms with Gasteiger partial charge in [-0.15, -0.1) is 0 Å². The molecule has 0 aliphatic rings. The van der Waals surface area contributed by atoms with Gasteiger partial charge in [0.25, 0.3) is 5.91 Å². The van der Waals surface area contributed by atoms with Gasteiger partial charge in [-0.25, -0.2) is 10.4 Å². The zero-order valence-electron chi connectivity index (χ0n) is 16.4. The van der Waals surface area contributed by atoms with Crippen LogP contribution in [-0.4, -0.2) is 32.5 Å². The third-order valence-corrected chi connectivity index (χ3v) is 5.71. The smallest absolute Gasteiger partial charge is 0.250 e. The van der Waals surface area contributed by atoms with Crippen molar-refractivity contribution in [3.05, 3.63) is 88.9 Å². The number of phenolic OH excluding ortho intramolecular Hbond substituents is 1. The number of aromatic hydroxyl groups is 1. The van der Waals surface area contributed by atoms with E-state index in [4.69, 9.17) is 11.6 Å². The van der Waals surface area contributed by atoms with Crippen molar-refractivity contribution in [1.29, 1.82) is 0 Å². The maximum absolute atomic E-state index is 12.2. The first-order chi connectivity index (χ1) is 15.1. The number of thioether (sulfide) groups is 1. The number of hydrogen-bond acceptors (Lipinski definition) is 5. The maximum atomic E-state index is 12.2. The van der Waals surface area contributed by atoms with Gasteiger partial charge in [-0.1, -0.05) is 59.8 Å². The standard InChI is InChI=1S/C23H19ClN4O2S/c24-18-10-8-16(9-11-18)14-28-21-7-2-1-6-20(21)26-23(28)31-15-22(30)27-25-13-17-4-3-5-19(29)12-17/h1-13,29H,14-15H2,(H,27,30). The Labute approximate surface area is 188 Å². The summed E-state index contributed by atoms with van der Waals surface area (Å²) in [5, 5.41) is 14.9. The first-order valence-electron chi connectivity index (χ1n) is 9.52. The Bertz CT molecular complexity index is 1240. The summed E-state index contributed by atoms with van der Waals surface area (Å²) in [5.41, 5.74) is 6.17. The normalized spacial score (nSPS) is 11.3. The maximum Gasteiger partial charge on any atom is 0.250 e. The van der Waals surface area contributed by atoms with Crippen molar-refractivity contribution < 1.29 is 9.90 Å². The predicted octanol–water partition coefficient (Wildman–Crippen LogP) is 4.69. The highest BCUT2D eigenvalue weighted by Gasteiger charge is 2.13. The molecule has 8 heteroatoms. The average Bonchev–Trinajstić information content (AvgIpc) is 3.11. The van der Waals surface area contributed by atoms with Crippen LogP contribution in [0.4, 0.5) is 0 Å². The number of para-hydroxylation sites is 2. The van der Waals surface area contributed by atoms with Gasteiger partial charge in [-0.2, -0.15) is 5.10 Å². The molecule has 156 valence electrons. The summed E-state index contributed by atoms with van der Waals surface area (Å²) in [5.74, 6) is 0.0679. The number of halogens is 1. The lowest BCUT2D eigenvalue weighted by Gasteiger charge is -2.09. The summed E-state index contributed by atoms with van der Waals surface area (Å²) < 4.78 is 2.09. The van der Waals surface area contributed by atoms with E-state index >= 15 is 0 Å². The third kappa shape index (κ3) is 5.45. The van der Waals surface area contributed by atoms with E-state index in [1.165, 1.54) is 18.0 Å². The Kier molecular flexibility index (Phi) is 6.54. The summed E-state index contributed by atoms with van der Waals surface area (Å²) in [6, 6.07) is 22.2. The van der Waals surface area contributed by atoms with Crippen LogP contribution in [0.3, 0.4) is 0 Å². The van der Waals surface area contributed by atoms with E-state index in [1.807, 2.05) is 48.5 Å². The van der Waals surface area contributed by atoms with Crippen molar-refractivity contribution >= 4 is 46.5 Å². The molecule has 0 atom stereocenters. The molecule has 4 rings (SSSR count).